The smallest absolute Gasteiger partial charge is 0.254 e. The van der Waals surface area contributed by atoms with Crippen LogP contribution in [0.1, 0.15) is 42.6 Å². The molecule has 2 aliphatic heterocycles. The van der Waals surface area contributed by atoms with Crippen LogP contribution in [-0.2, 0) is 4.79 Å². The molecule has 5 rings (SSSR count). The van der Waals surface area contributed by atoms with E-state index >= 15 is 0 Å². The standard InChI is InChI=1S/C30H33N3O5/c1-30(2)27(18-34)33(31-28(30)20-8-11-25(37-3)26(17-20)38-4)21-12-14-32(15-13-21)29(36)24-7-5-6-19-16-22(35)9-10-23(19)24/h5-11,16-18,21,27,35H,12-15H2,1-4H3. The maximum absolute atomic E-state index is 13.4. The maximum Gasteiger partial charge on any atom is 0.254 e. The number of ether oxygens (including phenoxy) is 2. The number of hydrazone groups is 1. The molecule has 38 heavy (non-hydrogen) atoms. The van der Waals surface area contributed by atoms with Gasteiger partial charge in [0.05, 0.1) is 26.0 Å². The van der Waals surface area contributed by atoms with Crippen LogP contribution in [0.3, 0.4) is 0 Å². The molecule has 1 amide bonds. The Morgan fingerprint density at radius 2 is 1.76 bits per heavy atom. The molecule has 1 saturated heterocycles. The molecule has 1 fully saturated rings. The van der Waals surface area contributed by atoms with Gasteiger partial charge in [-0.2, -0.15) is 5.10 Å². The zero-order valence-electron chi connectivity index (χ0n) is 22.2. The van der Waals surface area contributed by atoms with Crippen LogP contribution in [0, 0.1) is 5.41 Å². The molecule has 8 heteroatoms. The van der Waals surface area contributed by atoms with Crippen LogP contribution in [0.25, 0.3) is 10.8 Å². The molecule has 2 heterocycles. The van der Waals surface area contributed by atoms with Crippen molar-refractivity contribution in [2.45, 2.75) is 38.8 Å². The van der Waals surface area contributed by atoms with E-state index in [1.165, 1.54) is 0 Å². The van der Waals surface area contributed by atoms with Crippen LogP contribution in [-0.4, -0.2) is 72.3 Å². The Hall–Kier alpha value is -4.07. The number of likely N-dealkylation sites (tertiary alicyclic amines) is 1. The first-order chi connectivity index (χ1) is 18.3. The lowest BCUT2D eigenvalue weighted by Gasteiger charge is -2.39. The van der Waals surface area contributed by atoms with Gasteiger partial charge in [-0.1, -0.05) is 26.0 Å². The number of aromatic hydroxyl groups is 1. The molecule has 3 aromatic carbocycles. The van der Waals surface area contributed by atoms with Gasteiger partial charge < -0.3 is 24.3 Å². The highest BCUT2D eigenvalue weighted by atomic mass is 16.5. The molecule has 1 atom stereocenters. The van der Waals surface area contributed by atoms with Crippen LogP contribution in [0.15, 0.2) is 59.7 Å². The van der Waals surface area contributed by atoms with E-state index in [4.69, 9.17) is 14.6 Å². The number of rotatable bonds is 6. The quantitative estimate of drug-likeness (QED) is 0.487. The number of amides is 1. The Kier molecular flexibility index (Phi) is 6.73. The van der Waals surface area contributed by atoms with Gasteiger partial charge in [-0.25, -0.2) is 0 Å². The molecule has 1 unspecified atom stereocenters. The summed E-state index contributed by atoms with van der Waals surface area (Å²) in [6, 6.07) is 15.9. The maximum atomic E-state index is 13.4. The van der Waals surface area contributed by atoms with Gasteiger partial charge in [-0.15, -0.1) is 0 Å². The van der Waals surface area contributed by atoms with Crippen LogP contribution in [0.4, 0.5) is 0 Å². The Morgan fingerprint density at radius 1 is 1.03 bits per heavy atom. The minimum Gasteiger partial charge on any atom is -0.508 e. The first-order valence-corrected chi connectivity index (χ1v) is 12.8. The third-order valence-corrected chi connectivity index (χ3v) is 7.86. The number of fused-ring (bicyclic) bond motifs is 1. The lowest BCUT2D eigenvalue weighted by Crippen LogP contribution is -2.50. The Labute approximate surface area is 222 Å². The summed E-state index contributed by atoms with van der Waals surface area (Å²) in [5.74, 6) is 1.40. The first kappa shape index (κ1) is 25.6. The third kappa shape index (κ3) is 4.34. The number of piperidine rings is 1. The number of carbonyl (C=O) groups excluding carboxylic acids is 2. The topological polar surface area (TPSA) is 91.7 Å². The van der Waals surface area contributed by atoms with Gasteiger partial charge >= 0.3 is 0 Å². The summed E-state index contributed by atoms with van der Waals surface area (Å²) >= 11 is 0. The molecule has 0 bridgehead atoms. The number of nitrogens with zero attached hydrogens (tertiary/aromatic N) is 3. The fraction of sp³-hybridized carbons (Fsp3) is 0.367. The highest BCUT2D eigenvalue weighted by Crippen LogP contribution is 2.40. The highest BCUT2D eigenvalue weighted by Gasteiger charge is 2.47. The fourth-order valence-electron chi connectivity index (χ4n) is 5.69. The minimum atomic E-state index is -0.511. The monoisotopic (exact) mass is 515 g/mol. The van der Waals surface area contributed by atoms with Crippen molar-refractivity contribution in [2.24, 2.45) is 10.5 Å². The summed E-state index contributed by atoms with van der Waals surface area (Å²) in [5.41, 5.74) is 1.83. The Bertz CT molecular complexity index is 1410. The predicted octanol–water partition coefficient (Wildman–Crippen LogP) is 4.48. The molecule has 0 radical (unpaired) electrons. The average molecular weight is 516 g/mol. The molecule has 8 nitrogen and oxygen atoms in total. The fourth-order valence-corrected chi connectivity index (χ4v) is 5.69. The summed E-state index contributed by atoms with van der Waals surface area (Å²) in [4.78, 5) is 27.7. The number of hydrogen-bond acceptors (Lipinski definition) is 7. The summed E-state index contributed by atoms with van der Waals surface area (Å²) in [6.07, 6.45) is 2.40. The number of benzene rings is 3. The van der Waals surface area contributed by atoms with Crippen molar-refractivity contribution in [3.05, 3.63) is 65.7 Å². The van der Waals surface area contributed by atoms with Gasteiger partial charge in [0, 0.05) is 29.6 Å². The van der Waals surface area contributed by atoms with Gasteiger partial charge in [0.2, 0.25) is 0 Å². The summed E-state index contributed by atoms with van der Waals surface area (Å²) in [5, 5.41) is 18.4. The number of aldehydes is 1. The molecule has 0 aromatic heterocycles. The van der Waals surface area contributed by atoms with Crippen molar-refractivity contribution in [1.82, 2.24) is 9.91 Å². The summed E-state index contributed by atoms with van der Waals surface area (Å²) < 4.78 is 10.9. The van der Waals surface area contributed by atoms with Crippen molar-refractivity contribution < 1.29 is 24.2 Å². The van der Waals surface area contributed by atoms with Gasteiger partial charge in [-0.05, 0) is 66.1 Å². The SMILES string of the molecule is COc1ccc(C2=NN(C3CCN(C(=O)c4cccc5cc(O)ccc45)CC3)C(C=O)C2(C)C)cc1OC. The van der Waals surface area contributed by atoms with Crippen molar-refractivity contribution in [2.75, 3.05) is 27.3 Å². The second kappa shape index (κ2) is 10.0. The minimum absolute atomic E-state index is 0.0250. The Morgan fingerprint density at radius 3 is 2.45 bits per heavy atom. The zero-order chi connectivity index (χ0) is 27.0. The Balaban J connectivity index is 1.36. The normalized spacial score (nSPS) is 19.4. The molecular weight excluding hydrogens is 482 g/mol. The van der Waals surface area contributed by atoms with Gasteiger partial charge in [-0.3, -0.25) is 9.80 Å². The van der Waals surface area contributed by atoms with Gasteiger partial charge in [0.25, 0.3) is 5.91 Å². The number of carbonyl (C=O) groups is 2. The molecule has 2 aliphatic rings. The third-order valence-electron chi connectivity index (χ3n) is 7.86. The average Bonchev–Trinajstić information content (AvgIpc) is 3.21. The first-order valence-electron chi connectivity index (χ1n) is 12.8. The second-order valence-corrected chi connectivity index (χ2v) is 10.4. The van der Waals surface area contributed by atoms with Crippen LogP contribution in [0.5, 0.6) is 17.2 Å². The summed E-state index contributed by atoms with van der Waals surface area (Å²) in [6.45, 7) is 5.22. The molecule has 0 saturated carbocycles. The van der Waals surface area contributed by atoms with E-state index < -0.39 is 11.5 Å². The molecule has 3 aromatic rings. The number of phenolic OH excluding ortho intramolecular Hbond substituents is 1. The van der Waals surface area contributed by atoms with Crippen molar-refractivity contribution >= 4 is 28.7 Å². The van der Waals surface area contributed by atoms with E-state index in [0.29, 0.717) is 43.0 Å². The van der Waals surface area contributed by atoms with E-state index in [1.807, 2.05) is 60.2 Å². The lowest BCUT2D eigenvalue weighted by atomic mass is 9.78. The van der Waals surface area contributed by atoms with Crippen LogP contribution in [0.2, 0.25) is 0 Å². The predicted molar refractivity (Wildman–Crippen MR) is 146 cm³/mol. The molecule has 198 valence electrons. The molecule has 0 aliphatic carbocycles. The molecular formula is C30H33N3O5. The number of hydrogen-bond donors (Lipinski definition) is 1. The van der Waals surface area contributed by atoms with E-state index in [2.05, 4.69) is 0 Å². The molecule has 1 N–H and O–H groups in total. The molecule has 0 spiro atoms. The van der Waals surface area contributed by atoms with E-state index in [9.17, 15) is 14.7 Å². The van der Waals surface area contributed by atoms with E-state index in [-0.39, 0.29) is 17.7 Å². The number of methoxy groups -OCH3 is 2. The van der Waals surface area contributed by atoms with Crippen molar-refractivity contribution in [3.8, 4) is 17.2 Å². The number of phenols is 1. The van der Waals surface area contributed by atoms with Crippen molar-refractivity contribution in [1.29, 1.82) is 0 Å². The van der Waals surface area contributed by atoms with Crippen molar-refractivity contribution in [3.63, 3.8) is 0 Å². The van der Waals surface area contributed by atoms with Gasteiger partial charge in [0.1, 0.15) is 18.1 Å². The van der Waals surface area contributed by atoms with E-state index in [1.54, 1.807) is 32.4 Å². The highest BCUT2D eigenvalue weighted by molar-refractivity contribution is 6.08. The van der Waals surface area contributed by atoms with Gasteiger partial charge in [0.15, 0.2) is 11.5 Å². The largest absolute Gasteiger partial charge is 0.508 e. The van der Waals surface area contributed by atoms with Crippen LogP contribution < -0.4 is 9.47 Å². The van der Waals surface area contributed by atoms with E-state index in [0.717, 1.165) is 28.3 Å². The lowest BCUT2D eigenvalue weighted by molar-refractivity contribution is -0.115. The zero-order valence-corrected chi connectivity index (χ0v) is 22.2. The second-order valence-electron chi connectivity index (χ2n) is 10.4. The summed E-state index contributed by atoms with van der Waals surface area (Å²) in [7, 11) is 3.20. The van der Waals surface area contributed by atoms with Crippen LogP contribution >= 0.6 is 0 Å².